The van der Waals surface area contributed by atoms with E-state index in [2.05, 4.69) is 22.6 Å². The maximum absolute atomic E-state index is 12.0. The van der Waals surface area contributed by atoms with Gasteiger partial charge < -0.3 is 10.6 Å². The van der Waals surface area contributed by atoms with Crippen molar-refractivity contribution in [1.29, 1.82) is 0 Å². The third kappa shape index (κ3) is 4.25. The van der Waals surface area contributed by atoms with Crippen LogP contribution in [0.15, 0.2) is 0 Å². The van der Waals surface area contributed by atoms with E-state index in [1.807, 2.05) is 27.8 Å². The summed E-state index contributed by atoms with van der Waals surface area (Å²) in [4.78, 5) is 14.2. The lowest BCUT2D eigenvalue weighted by molar-refractivity contribution is -0.126. The number of amides is 1. The molecule has 1 amide bonds. The molecule has 0 bridgehead atoms. The summed E-state index contributed by atoms with van der Waals surface area (Å²) in [6.45, 7) is 6.01. The van der Waals surface area contributed by atoms with Crippen molar-refractivity contribution in [2.75, 3.05) is 14.1 Å². The fourth-order valence-electron chi connectivity index (χ4n) is 2.68. The first-order chi connectivity index (χ1) is 8.45. The fraction of sp³-hybridized carbons (Fsp3) is 0.929. The van der Waals surface area contributed by atoms with Crippen LogP contribution in [0.2, 0.25) is 0 Å². The predicted octanol–water partition coefficient (Wildman–Crippen LogP) is 1.36. The summed E-state index contributed by atoms with van der Waals surface area (Å²) in [5.74, 6) is 0.142. The highest BCUT2D eigenvalue weighted by molar-refractivity contribution is 5.81. The Kier molecular flexibility index (Phi) is 6.09. The zero-order chi connectivity index (χ0) is 13.7. The van der Waals surface area contributed by atoms with Crippen molar-refractivity contribution in [1.82, 2.24) is 15.5 Å². The molecule has 1 unspecified atom stereocenters. The Balaban J connectivity index is 2.44. The number of carbonyl (C=O) groups is 1. The molecule has 0 radical (unpaired) electrons. The van der Waals surface area contributed by atoms with Crippen molar-refractivity contribution in [3.8, 4) is 0 Å². The number of nitrogens with one attached hydrogen (secondary N) is 2. The van der Waals surface area contributed by atoms with Crippen molar-refractivity contribution in [3.63, 3.8) is 0 Å². The molecule has 1 rings (SSSR count). The second-order valence-electron chi connectivity index (χ2n) is 5.80. The van der Waals surface area contributed by atoms with Crippen LogP contribution in [0.5, 0.6) is 0 Å². The van der Waals surface area contributed by atoms with E-state index < -0.39 is 0 Å². The van der Waals surface area contributed by atoms with Crippen molar-refractivity contribution >= 4 is 5.91 Å². The molecular formula is C14H29N3O. The fourth-order valence-corrected chi connectivity index (χ4v) is 2.68. The van der Waals surface area contributed by atoms with Gasteiger partial charge in [-0.2, -0.15) is 0 Å². The molecule has 4 nitrogen and oxygen atoms in total. The van der Waals surface area contributed by atoms with Gasteiger partial charge in [-0.15, -0.1) is 0 Å². The molecular weight excluding hydrogens is 226 g/mol. The SMILES string of the molecule is CNC1CCC(N(C)C(C)C(=O)NC(C)C)CC1. The largest absolute Gasteiger partial charge is 0.353 e. The van der Waals surface area contributed by atoms with Crippen LogP contribution >= 0.6 is 0 Å². The van der Waals surface area contributed by atoms with Gasteiger partial charge in [0.1, 0.15) is 0 Å². The Labute approximate surface area is 111 Å². The van der Waals surface area contributed by atoms with E-state index in [4.69, 9.17) is 0 Å². The minimum Gasteiger partial charge on any atom is -0.353 e. The van der Waals surface area contributed by atoms with E-state index in [-0.39, 0.29) is 18.0 Å². The highest BCUT2D eigenvalue weighted by atomic mass is 16.2. The number of carbonyl (C=O) groups excluding carboxylic acids is 1. The summed E-state index contributed by atoms with van der Waals surface area (Å²) >= 11 is 0. The predicted molar refractivity (Wildman–Crippen MR) is 75.6 cm³/mol. The molecule has 18 heavy (non-hydrogen) atoms. The molecule has 0 aromatic carbocycles. The lowest BCUT2D eigenvalue weighted by Crippen LogP contribution is -2.50. The second kappa shape index (κ2) is 7.10. The Bertz CT molecular complexity index is 260. The maximum atomic E-state index is 12.0. The molecule has 1 aliphatic carbocycles. The summed E-state index contributed by atoms with van der Waals surface area (Å²) < 4.78 is 0. The second-order valence-corrected chi connectivity index (χ2v) is 5.80. The lowest BCUT2D eigenvalue weighted by Gasteiger charge is -2.37. The molecule has 1 fully saturated rings. The maximum Gasteiger partial charge on any atom is 0.237 e. The molecule has 0 saturated heterocycles. The summed E-state index contributed by atoms with van der Waals surface area (Å²) in [6, 6.07) is 1.38. The molecule has 1 saturated carbocycles. The van der Waals surface area contributed by atoms with Crippen molar-refractivity contribution in [2.45, 2.75) is 70.6 Å². The number of rotatable bonds is 5. The smallest absolute Gasteiger partial charge is 0.237 e. The average molecular weight is 255 g/mol. The van der Waals surface area contributed by atoms with Crippen LogP contribution in [0.25, 0.3) is 0 Å². The van der Waals surface area contributed by atoms with E-state index in [1.165, 1.54) is 25.7 Å². The van der Waals surface area contributed by atoms with Gasteiger partial charge in [0, 0.05) is 18.1 Å². The molecule has 0 aliphatic heterocycles. The van der Waals surface area contributed by atoms with Crippen LogP contribution in [0.4, 0.5) is 0 Å². The van der Waals surface area contributed by atoms with Crippen molar-refractivity contribution < 1.29 is 4.79 Å². The third-order valence-corrected chi connectivity index (χ3v) is 4.10. The van der Waals surface area contributed by atoms with E-state index in [1.54, 1.807) is 0 Å². The zero-order valence-corrected chi connectivity index (χ0v) is 12.5. The lowest BCUT2D eigenvalue weighted by atomic mass is 9.90. The van der Waals surface area contributed by atoms with E-state index >= 15 is 0 Å². The highest BCUT2D eigenvalue weighted by Crippen LogP contribution is 2.23. The Morgan fingerprint density at radius 3 is 2.17 bits per heavy atom. The Morgan fingerprint density at radius 2 is 1.72 bits per heavy atom. The molecule has 0 spiro atoms. The van der Waals surface area contributed by atoms with Crippen LogP contribution in [0.1, 0.15) is 46.5 Å². The normalized spacial score (nSPS) is 26.4. The van der Waals surface area contributed by atoms with Crippen LogP contribution in [-0.4, -0.2) is 49.1 Å². The minimum atomic E-state index is -0.0384. The zero-order valence-electron chi connectivity index (χ0n) is 12.5. The summed E-state index contributed by atoms with van der Waals surface area (Å²) in [6.07, 6.45) is 4.79. The molecule has 1 atom stereocenters. The van der Waals surface area contributed by atoms with Gasteiger partial charge in [-0.05, 0) is 60.5 Å². The van der Waals surface area contributed by atoms with Crippen LogP contribution in [-0.2, 0) is 4.79 Å². The monoisotopic (exact) mass is 255 g/mol. The molecule has 1 aliphatic rings. The van der Waals surface area contributed by atoms with Gasteiger partial charge in [0.2, 0.25) is 5.91 Å². The van der Waals surface area contributed by atoms with Crippen molar-refractivity contribution in [2.24, 2.45) is 0 Å². The molecule has 106 valence electrons. The van der Waals surface area contributed by atoms with Crippen molar-refractivity contribution in [3.05, 3.63) is 0 Å². The Morgan fingerprint density at radius 1 is 1.17 bits per heavy atom. The molecule has 2 N–H and O–H groups in total. The number of hydrogen-bond donors (Lipinski definition) is 2. The standard InChI is InChI=1S/C14H29N3O/c1-10(2)16-14(18)11(3)17(5)13-8-6-12(15-4)7-9-13/h10-13,15H,6-9H2,1-5H3,(H,16,18). The van der Waals surface area contributed by atoms with E-state index in [9.17, 15) is 4.79 Å². The first kappa shape index (κ1) is 15.4. The van der Waals surface area contributed by atoms with Gasteiger partial charge in [-0.1, -0.05) is 0 Å². The first-order valence-electron chi connectivity index (χ1n) is 7.15. The van der Waals surface area contributed by atoms with Gasteiger partial charge in [0.05, 0.1) is 6.04 Å². The van der Waals surface area contributed by atoms with E-state index in [0.29, 0.717) is 12.1 Å². The van der Waals surface area contributed by atoms with Crippen LogP contribution < -0.4 is 10.6 Å². The van der Waals surface area contributed by atoms with Gasteiger partial charge >= 0.3 is 0 Å². The van der Waals surface area contributed by atoms with E-state index in [0.717, 1.165) is 0 Å². The van der Waals surface area contributed by atoms with Gasteiger partial charge in [-0.3, -0.25) is 9.69 Å². The summed E-state index contributed by atoms with van der Waals surface area (Å²) in [5, 5.41) is 6.33. The average Bonchev–Trinajstić information content (AvgIpc) is 2.36. The molecule has 0 heterocycles. The molecule has 0 aromatic heterocycles. The number of likely N-dealkylation sites (N-methyl/N-ethyl adjacent to an activating group) is 1. The molecule has 0 aromatic rings. The molecule has 4 heteroatoms. The van der Waals surface area contributed by atoms with Gasteiger partial charge in [-0.25, -0.2) is 0 Å². The van der Waals surface area contributed by atoms with Crippen LogP contribution in [0.3, 0.4) is 0 Å². The summed E-state index contributed by atoms with van der Waals surface area (Å²) in [7, 11) is 4.11. The van der Waals surface area contributed by atoms with Gasteiger partial charge in [0.15, 0.2) is 0 Å². The minimum absolute atomic E-state index is 0.0384. The Hall–Kier alpha value is -0.610. The topological polar surface area (TPSA) is 44.4 Å². The number of nitrogens with zero attached hydrogens (tertiary/aromatic N) is 1. The number of hydrogen-bond acceptors (Lipinski definition) is 3. The quantitative estimate of drug-likeness (QED) is 0.780. The third-order valence-electron chi connectivity index (χ3n) is 4.10. The summed E-state index contributed by atoms with van der Waals surface area (Å²) in [5.41, 5.74) is 0. The van der Waals surface area contributed by atoms with Crippen LogP contribution in [0, 0.1) is 0 Å². The first-order valence-corrected chi connectivity index (χ1v) is 7.15. The van der Waals surface area contributed by atoms with Gasteiger partial charge in [0.25, 0.3) is 0 Å². The highest BCUT2D eigenvalue weighted by Gasteiger charge is 2.28.